The van der Waals surface area contributed by atoms with E-state index in [1.165, 1.54) is 0 Å². The number of hydrogen-bond donors (Lipinski definition) is 0. The minimum absolute atomic E-state index is 0.167. The zero-order valence-corrected chi connectivity index (χ0v) is 9.08. The van der Waals surface area contributed by atoms with E-state index < -0.39 is 5.60 Å². The van der Waals surface area contributed by atoms with Crippen molar-refractivity contribution in [3.8, 4) is 0 Å². The topological polar surface area (TPSA) is 35.5 Å². The molecule has 0 aromatic rings. The van der Waals surface area contributed by atoms with Crippen molar-refractivity contribution < 1.29 is 14.3 Å². The smallest absolute Gasteiger partial charge is 0.312 e. The predicted octanol–water partition coefficient (Wildman–Crippen LogP) is 1.78. The number of rotatable bonds is 5. The van der Waals surface area contributed by atoms with Gasteiger partial charge in [-0.15, -0.1) is 6.58 Å². The monoisotopic (exact) mass is 198 g/mol. The maximum atomic E-state index is 11.5. The highest BCUT2D eigenvalue weighted by Crippen LogP contribution is 2.54. The Morgan fingerprint density at radius 2 is 2.14 bits per heavy atom. The first-order chi connectivity index (χ1) is 6.64. The largest absolute Gasteiger partial charge is 0.466 e. The minimum atomic E-state index is -0.471. The Bertz CT molecular complexity index is 237. The second-order valence-corrected chi connectivity index (χ2v) is 3.51. The van der Waals surface area contributed by atoms with Crippen molar-refractivity contribution in [2.45, 2.75) is 26.4 Å². The minimum Gasteiger partial charge on any atom is -0.466 e. The second kappa shape index (κ2) is 4.13. The zero-order valence-electron chi connectivity index (χ0n) is 9.08. The molecular weight excluding hydrogens is 180 g/mol. The van der Waals surface area contributed by atoms with Crippen LogP contribution in [-0.4, -0.2) is 24.8 Å². The summed E-state index contributed by atoms with van der Waals surface area (Å²) in [4.78, 5) is 11.5. The molecule has 3 nitrogen and oxygen atoms in total. The van der Waals surface area contributed by atoms with Gasteiger partial charge in [0.2, 0.25) is 0 Å². The molecule has 0 heterocycles. The molecular formula is C11H18O3. The van der Waals surface area contributed by atoms with Gasteiger partial charge >= 0.3 is 5.97 Å². The van der Waals surface area contributed by atoms with Crippen LogP contribution in [0.15, 0.2) is 12.7 Å². The summed E-state index contributed by atoms with van der Waals surface area (Å²) in [5, 5.41) is 0. The van der Waals surface area contributed by atoms with Gasteiger partial charge in [0.25, 0.3) is 0 Å². The molecule has 1 aliphatic carbocycles. The molecule has 0 aromatic heterocycles. The van der Waals surface area contributed by atoms with Gasteiger partial charge in [-0.3, -0.25) is 4.79 Å². The lowest BCUT2D eigenvalue weighted by atomic mass is 10.2. The third kappa shape index (κ3) is 1.57. The number of carbonyl (C=O) groups is 1. The molecule has 1 saturated carbocycles. The van der Waals surface area contributed by atoms with Gasteiger partial charge in [-0.25, -0.2) is 0 Å². The molecule has 0 saturated heterocycles. The molecule has 0 aliphatic heterocycles. The summed E-state index contributed by atoms with van der Waals surface area (Å²) in [5.41, 5.74) is -0.471. The molecule has 1 fully saturated rings. The van der Waals surface area contributed by atoms with Crippen LogP contribution in [0, 0.1) is 11.8 Å². The van der Waals surface area contributed by atoms with Gasteiger partial charge in [-0.2, -0.15) is 0 Å². The van der Waals surface area contributed by atoms with Crippen molar-refractivity contribution in [1.29, 1.82) is 0 Å². The Morgan fingerprint density at radius 3 is 2.57 bits per heavy atom. The Labute approximate surface area is 85.1 Å². The van der Waals surface area contributed by atoms with Crippen LogP contribution in [0.2, 0.25) is 0 Å². The molecule has 0 unspecified atom stereocenters. The van der Waals surface area contributed by atoms with Crippen LogP contribution in [-0.2, 0) is 14.3 Å². The number of hydrogen-bond acceptors (Lipinski definition) is 3. The molecule has 0 spiro atoms. The number of esters is 1. The van der Waals surface area contributed by atoms with Crippen LogP contribution < -0.4 is 0 Å². The van der Waals surface area contributed by atoms with E-state index in [0.717, 1.165) is 0 Å². The van der Waals surface area contributed by atoms with E-state index in [1.807, 2.05) is 13.8 Å². The summed E-state index contributed by atoms with van der Waals surface area (Å²) in [6.45, 7) is 10.4. The van der Waals surface area contributed by atoms with Crippen LogP contribution in [0.25, 0.3) is 0 Å². The van der Waals surface area contributed by atoms with Crippen molar-refractivity contribution in [2.75, 3.05) is 13.2 Å². The summed E-state index contributed by atoms with van der Waals surface area (Å²) >= 11 is 0. The SMILES string of the molecule is C=C[C@]1(OCC)[C@H](C)[C@H]1C(=O)OCC. The molecule has 14 heavy (non-hydrogen) atoms. The lowest BCUT2D eigenvalue weighted by Gasteiger charge is -2.12. The molecule has 0 radical (unpaired) electrons. The van der Waals surface area contributed by atoms with Crippen LogP contribution in [0.5, 0.6) is 0 Å². The third-order valence-electron chi connectivity index (χ3n) is 2.84. The highest BCUT2D eigenvalue weighted by Gasteiger charge is 2.66. The Kier molecular flexibility index (Phi) is 3.32. The van der Waals surface area contributed by atoms with Gasteiger partial charge < -0.3 is 9.47 Å². The van der Waals surface area contributed by atoms with Gasteiger partial charge in [-0.05, 0) is 13.8 Å². The van der Waals surface area contributed by atoms with Crippen molar-refractivity contribution in [3.05, 3.63) is 12.7 Å². The Morgan fingerprint density at radius 1 is 1.50 bits per heavy atom. The predicted molar refractivity (Wildman–Crippen MR) is 53.8 cm³/mol. The van der Waals surface area contributed by atoms with E-state index in [1.54, 1.807) is 13.0 Å². The van der Waals surface area contributed by atoms with Gasteiger partial charge in [0, 0.05) is 12.5 Å². The first kappa shape index (κ1) is 11.2. The first-order valence-electron chi connectivity index (χ1n) is 5.08. The van der Waals surface area contributed by atoms with Gasteiger partial charge in [0.05, 0.1) is 12.5 Å². The van der Waals surface area contributed by atoms with E-state index in [9.17, 15) is 4.79 Å². The molecule has 1 rings (SSSR count). The maximum Gasteiger partial charge on any atom is 0.312 e. The molecule has 1 aliphatic rings. The van der Waals surface area contributed by atoms with Gasteiger partial charge in [-0.1, -0.05) is 13.0 Å². The molecule has 0 N–H and O–H groups in total. The average Bonchev–Trinajstić information content (AvgIpc) is 2.73. The lowest BCUT2D eigenvalue weighted by molar-refractivity contribution is -0.146. The van der Waals surface area contributed by atoms with Crippen molar-refractivity contribution in [1.82, 2.24) is 0 Å². The highest BCUT2D eigenvalue weighted by atomic mass is 16.5. The molecule has 80 valence electrons. The average molecular weight is 198 g/mol. The lowest BCUT2D eigenvalue weighted by Crippen LogP contribution is -2.20. The van der Waals surface area contributed by atoms with Crippen LogP contribution in [0.3, 0.4) is 0 Å². The molecule has 0 amide bonds. The summed E-state index contributed by atoms with van der Waals surface area (Å²) < 4.78 is 10.5. The molecule has 3 atom stereocenters. The van der Waals surface area contributed by atoms with Crippen LogP contribution in [0.4, 0.5) is 0 Å². The molecule has 0 bridgehead atoms. The normalized spacial score (nSPS) is 35.1. The Hall–Kier alpha value is -0.830. The standard InChI is InChI=1S/C11H18O3/c1-5-11(14-7-3)8(4)9(11)10(12)13-6-2/h5,8-9H,1,6-7H2,2-4H3/t8-,9+,11+/m1/s1. The second-order valence-electron chi connectivity index (χ2n) is 3.51. The van der Waals surface area contributed by atoms with Gasteiger partial charge in [0.15, 0.2) is 0 Å². The Balaban J connectivity index is 2.65. The fourth-order valence-corrected chi connectivity index (χ4v) is 2.02. The maximum absolute atomic E-state index is 11.5. The summed E-state index contributed by atoms with van der Waals surface area (Å²) in [6, 6.07) is 0. The van der Waals surface area contributed by atoms with Crippen molar-refractivity contribution >= 4 is 5.97 Å². The molecule has 3 heteroatoms. The summed E-state index contributed by atoms with van der Waals surface area (Å²) in [5.74, 6) is -0.160. The fourth-order valence-electron chi connectivity index (χ4n) is 2.02. The highest BCUT2D eigenvalue weighted by molar-refractivity contribution is 5.79. The molecule has 0 aromatic carbocycles. The van der Waals surface area contributed by atoms with E-state index >= 15 is 0 Å². The summed E-state index contributed by atoms with van der Waals surface area (Å²) in [7, 11) is 0. The van der Waals surface area contributed by atoms with E-state index in [-0.39, 0.29) is 17.8 Å². The summed E-state index contributed by atoms with van der Waals surface area (Å²) in [6.07, 6.45) is 1.72. The van der Waals surface area contributed by atoms with Crippen LogP contribution >= 0.6 is 0 Å². The van der Waals surface area contributed by atoms with Gasteiger partial charge in [0.1, 0.15) is 5.60 Å². The van der Waals surface area contributed by atoms with Crippen molar-refractivity contribution in [3.63, 3.8) is 0 Å². The van der Waals surface area contributed by atoms with E-state index in [0.29, 0.717) is 13.2 Å². The van der Waals surface area contributed by atoms with Crippen LogP contribution in [0.1, 0.15) is 20.8 Å². The fraction of sp³-hybridized carbons (Fsp3) is 0.727. The van der Waals surface area contributed by atoms with E-state index in [2.05, 4.69) is 6.58 Å². The number of carbonyl (C=O) groups excluding carboxylic acids is 1. The van der Waals surface area contributed by atoms with E-state index in [4.69, 9.17) is 9.47 Å². The number of ether oxygens (including phenoxy) is 2. The van der Waals surface area contributed by atoms with Crippen molar-refractivity contribution in [2.24, 2.45) is 11.8 Å². The first-order valence-corrected chi connectivity index (χ1v) is 5.08. The quantitative estimate of drug-likeness (QED) is 0.499. The zero-order chi connectivity index (χ0) is 10.8. The third-order valence-corrected chi connectivity index (χ3v) is 2.84.